The van der Waals surface area contributed by atoms with Gasteiger partial charge in [-0.2, -0.15) is 13.1 Å². The van der Waals surface area contributed by atoms with Crippen molar-refractivity contribution >= 4 is 16.0 Å². The molecule has 0 bridgehead atoms. The Balaban J connectivity index is 2.43. The molecule has 0 fully saturated rings. The molecule has 5 nitrogen and oxygen atoms in total. The van der Waals surface area contributed by atoms with Crippen LogP contribution >= 0.6 is 0 Å². The van der Waals surface area contributed by atoms with Crippen LogP contribution in [0, 0.1) is 0 Å². The second-order valence-electron chi connectivity index (χ2n) is 2.86. The molecule has 0 aliphatic heterocycles. The van der Waals surface area contributed by atoms with Gasteiger partial charge in [0.1, 0.15) is 0 Å². The Hall–Kier alpha value is -1.11. The first kappa shape index (κ1) is 11.0. The van der Waals surface area contributed by atoms with E-state index in [4.69, 9.17) is 10.3 Å². The molecule has 0 saturated carbocycles. The lowest BCUT2D eigenvalue weighted by atomic mass is 10.1. The summed E-state index contributed by atoms with van der Waals surface area (Å²) in [6.45, 7) is 0.169. The molecule has 0 unspecified atom stereocenters. The van der Waals surface area contributed by atoms with Crippen molar-refractivity contribution < 1.29 is 13.0 Å². The third kappa shape index (κ3) is 4.22. The minimum Gasteiger partial charge on any atom is -0.399 e. The van der Waals surface area contributed by atoms with Crippen molar-refractivity contribution in [3.05, 3.63) is 29.8 Å². The summed E-state index contributed by atoms with van der Waals surface area (Å²) in [6, 6.07) is 7.09. The van der Waals surface area contributed by atoms with Gasteiger partial charge in [0, 0.05) is 12.2 Å². The van der Waals surface area contributed by atoms with Gasteiger partial charge < -0.3 is 5.73 Å². The highest BCUT2D eigenvalue weighted by Gasteiger charge is 2.01. The Morgan fingerprint density at radius 2 is 1.86 bits per heavy atom. The van der Waals surface area contributed by atoms with E-state index in [0.717, 1.165) is 5.56 Å². The number of rotatable bonds is 4. The fourth-order valence-corrected chi connectivity index (χ4v) is 1.37. The number of nitrogens with one attached hydrogen (secondary N) is 1. The fraction of sp³-hybridized carbons (Fsp3) is 0.250. The SMILES string of the molecule is Nc1ccc(CCNS(=O)(=O)O)cc1. The summed E-state index contributed by atoms with van der Waals surface area (Å²) in [5, 5.41) is 0. The van der Waals surface area contributed by atoms with E-state index in [1.807, 2.05) is 4.72 Å². The van der Waals surface area contributed by atoms with Crippen molar-refractivity contribution in [2.45, 2.75) is 6.42 Å². The van der Waals surface area contributed by atoms with Crippen LogP contribution in [0.5, 0.6) is 0 Å². The predicted octanol–water partition coefficient (Wildman–Crippen LogP) is 0.204. The molecule has 1 aromatic carbocycles. The predicted molar refractivity (Wildman–Crippen MR) is 54.1 cm³/mol. The molecule has 1 aromatic rings. The minimum atomic E-state index is -4.08. The summed E-state index contributed by atoms with van der Waals surface area (Å²) in [7, 11) is -4.08. The van der Waals surface area contributed by atoms with Gasteiger partial charge in [0.15, 0.2) is 0 Å². The number of anilines is 1. The normalized spacial score (nSPS) is 11.5. The molecule has 4 N–H and O–H groups in total. The minimum absolute atomic E-state index is 0.169. The van der Waals surface area contributed by atoms with Gasteiger partial charge in [-0.05, 0) is 24.1 Å². The van der Waals surface area contributed by atoms with Crippen LogP contribution in [0.2, 0.25) is 0 Å². The number of nitrogen functional groups attached to an aromatic ring is 1. The monoisotopic (exact) mass is 216 g/mol. The number of hydrogen-bond acceptors (Lipinski definition) is 3. The standard InChI is InChI=1S/C8H12N2O3S/c9-8-3-1-7(2-4-8)5-6-10-14(11,12)13/h1-4,10H,5-6,9H2,(H,11,12,13). The quantitative estimate of drug-likeness (QED) is 0.495. The van der Waals surface area contributed by atoms with Crippen molar-refractivity contribution in [1.82, 2.24) is 4.72 Å². The molecule has 1 rings (SSSR count). The van der Waals surface area contributed by atoms with E-state index in [1.54, 1.807) is 24.3 Å². The maximum Gasteiger partial charge on any atom is 0.333 e. The Bertz CT molecular complexity index is 386. The van der Waals surface area contributed by atoms with Crippen LogP contribution in [-0.2, 0) is 16.7 Å². The lowest BCUT2D eigenvalue weighted by molar-refractivity contribution is 0.468. The second-order valence-corrected chi connectivity index (χ2v) is 4.10. The Labute approximate surface area is 82.8 Å². The topological polar surface area (TPSA) is 92.4 Å². The van der Waals surface area contributed by atoms with Crippen molar-refractivity contribution in [3.63, 3.8) is 0 Å². The van der Waals surface area contributed by atoms with Gasteiger partial charge >= 0.3 is 10.3 Å². The molecule has 0 atom stereocenters. The summed E-state index contributed by atoms with van der Waals surface area (Å²) < 4.78 is 31.0. The van der Waals surface area contributed by atoms with Gasteiger partial charge in [-0.25, -0.2) is 0 Å². The molecule has 0 aromatic heterocycles. The van der Waals surface area contributed by atoms with Crippen molar-refractivity contribution in [3.8, 4) is 0 Å². The van der Waals surface area contributed by atoms with Crippen LogP contribution < -0.4 is 10.5 Å². The lowest BCUT2D eigenvalue weighted by Gasteiger charge is -2.01. The van der Waals surface area contributed by atoms with Crippen LogP contribution in [-0.4, -0.2) is 19.5 Å². The smallest absolute Gasteiger partial charge is 0.333 e. The summed E-state index contributed by atoms with van der Waals surface area (Å²) in [5.74, 6) is 0. The molecular weight excluding hydrogens is 204 g/mol. The molecule has 6 heteroatoms. The fourth-order valence-electron chi connectivity index (χ4n) is 1.01. The molecule has 0 saturated heterocycles. The highest BCUT2D eigenvalue weighted by atomic mass is 32.2. The number of hydrogen-bond donors (Lipinski definition) is 3. The maximum absolute atomic E-state index is 10.3. The molecule has 0 aliphatic rings. The van der Waals surface area contributed by atoms with Crippen molar-refractivity contribution in [1.29, 1.82) is 0 Å². The van der Waals surface area contributed by atoms with Crippen molar-refractivity contribution in [2.75, 3.05) is 12.3 Å². The van der Waals surface area contributed by atoms with Crippen molar-refractivity contribution in [2.24, 2.45) is 0 Å². The van der Waals surface area contributed by atoms with Gasteiger partial charge in [-0.1, -0.05) is 12.1 Å². The van der Waals surface area contributed by atoms with Gasteiger partial charge in [-0.15, -0.1) is 0 Å². The highest BCUT2D eigenvalue weighted by Crippen LogP contribution is 2.05. The second kappa shape index (κ2) is 4.41. The largest absolute Gasteiger partial charge is 0.399 e. The maximum atomic E-state index is 10.3. The van der Waals surface area contributed by atoms with Crippen LogP contribution in [0.1, 0.15) is 5.56 Å². The highest BCUT2D eigenvalue weighted by molar-refractivity contribution is 7.83. The van der Waals surface area contributed by atoms with Gasteiger partial charge in [0.25, 0.3) is 0 Å². The molecular formula is C8H12N2O3S. The van der Waals surface area contributed by atoms with Crippen LogP contribution in [0.25, 0.3) is 0 Å². The van der Waals surface area contributed by atoms with E-state index >= 15 is 0 Å². The molecule has 14 heavy (non-hydrogen) atoms. The average Bonchev–Trinajstić information content (AvgIpc) is 2.06. The molecule has 0 radical (unpaired) electrons. The van der Waals surface area contributed by atoms with Gasteiger partial charge in [0.2, 0.25) is 0 Å². The van der Waals surface area contributed by atoms with Gasteiger partial charge in [-0.3, -0.25) is 4.55 Å². The summed E-state index contributed by atoms with van der Waals surface area (Å²) in [6.07, 6.45) is 0.514. The third-order valence-corrected chi connectivity index (χ3v) is 2.25. The zero-order chi connectivity index (χ0) is 10.6. The Morgan fingerprint density at radius 3 is 2.36 bits per heavy atom. The van der Waals surface area contributed by atoms with E-state index in [1.165, 1.54) is 0 Å². The van der Waals surface area contributed by atoms with E-state index < -0.39 is 10.3 Å². The van der Waals surface area contributed by atoms with E-state index in [0.29, 0.717) is 12.1 Å². The summed E-state index contributed by atoms with van der Waals surface area (Å²) in [5.41, 5.74) is 7.09. The molecule has 0 heterocycles. The van der Waals surface area contributed by atoms with Crippen LogP contribution in [0.4, 0.5) is 5.69 Å². The first-order valence-electron chi connectivity index (χ1n) is 4.04. The van der Waals surface area contributed by atoms with E-state index in [9.17, 15) is 8.42 Å². The first-order valence-corrected chi connectivity index (χ1v) is 5.48. The van der Waals surface area contributed by atoms with Crippen LogP contribution in [0.3, 0.4) is 0 Å². The molecule has 0 spiro atoms. The summed E-state index contributed by atoms with van der Waals surface area (Å²) >= 11 is 0. The Kier molecular flexibility index (Phi) is 3.45. The molecule has 78 valence electrons. The molecule has 0 aliphatic carbocycles. The Morgan fingerprint density at radius 1 is 1.29 bits per heavy atom. The average molecular weight is 216 g/mol. The van der Waals surface area contributed by atoms with Gasteiger partial charge in [0.05, 0.1) is 0 Å². The lowest BCUT2D eigenvalue weighted by Crippen LogP contribution is -2.24. The zero-order valence-corrected chi connectivity index (χ0v) is 8.29. The summed E-state index contributed by atoms with van der Waals surface area (Å²) in [4.78, 5) is 0. The number of benzene rings is 1. The molecule has 0 amide bonds. The van der Waals surface area contributed by atoms with Crippen LogP contribution in [0.15, 0.2) is 24.3 Å². The zero-order valence-electron chi connectivity index (χ0n) is 7.47. The van der Waals surface area contributed by atoms with E-state index in [2.05, 4.69) is 0 Å². The van der Waals surface area contributed by atoms with E-state index in [-0.39, 0.29) is 6.54 Å². The number of nitrogens with two attached hydrogens (primary N) is 1. The first-order chi connectivity index (χ1) is 6.47. The third-order valence-electron chi connectivity index (χ3n) is 1.68.